The first-order valence-electron chi connectivity index (χ1n) is 9.73. The Hall–Kier alpha value is -3.29. The SMILES string of the molecule is Cc1ccc(CCN2CCN(c3cccc(C(=N)N(C=N)C(C)C)n3)C2=O)cn1. The highest BCUT2D eigenvalue weighted by atomic mass is 16.2. The summed E-state index contributed by atoms with van der Waals surface area (Å²) in [5, 5.41) is 15.9. The van der Waals surface area contributed by atoms with Gasteiger partial charge in [-0.1, -0.05) is 12.1 Å². The maximum Gasteiger partial charge on any atom is 0.325 e. The zero-order chi connectivity index (χ0) is 21.0. The minimum atomic E-state index is -0.0750. The molecule has 0 spiro atoms. The molecule has 3 heterocycles. The Balaban J connectivity index is 1.68. The summed E-state index contributed by atoms with van der Waals surface area (Å²) in [4.78, 5) is 26.7. The second kappa shape index (κ2) is 8.81. The summed E-state index contributed by atoms with van der Waals surface area (Å²) < 4.78 is 0. The monoisotopic (exact) mass is 393 g/mol. The summed E-state index contributed by atoms with van der Waals surface area (Å²) >= 11 is 0. The van der Waals surface area contributed by atoms with Crippen molar-refractivity contribution in [1.29, 1.82) is 10.8 Å². The van der Waals surface area contributed by atoms with Crippen molar-refractivity contribution in [2.75, 3.05) is 24.5 Å². The van der Waals surface area contributed by atoms with E-state index in [4.69, 9.17) is 10.8 Å². The molecule has 2 amide bonds. The first-order chi connectivity index (χ1) is 13.9. The van der Waals surface area contributed by atoms with Crippen LogP contribution in [-0.2, 0) is 6.42 Å². The Bertz CT molecular complexity index is 894. The molecular formula is C21H27N7O. The van der Waals surface area contributed by atoms with E-state index in [-0.39, 0.29) is 17.9 Å². The zero-order valence-corrected chi connectivity index (χ0v) is 17.1. The van der Waals surface area contributed by atoms with Gasteiger partial charge < -0.3 is 9.80 Å². The van der Waals surface area contributed by atoms with Crippen LogP contribution in [0.5, 0.6) is 0 Å². The van der Waals surface area contributed by atoms with Crippen LogP contribution in [0.1, 0.15) is 30.8 Å². The van der Waals surface area contributed by atoms with Gasteiger partial charge in [-0.25, -0.2) is 9.78 Å². The Morgan fingerprint density at radius 1 is 1.28 bits per heavy atom. The van der Waals surface area contributed by atoms with Gasteiger partial charge in [-0.05, 0) is 51.0 Å². The molecule has 1 aliphatic rings. The molecule has 0 unspecified atom stereocenters. The van der Waals surface area contributed by atoms with Gasteiger partial charge in [-0.3, -0.25) is 20.7 Å². The van der Waals surface area contributed by atoms with E-state index in [1.54, 1.807) is 23.1 Å². The molecule has 1 saturated heterocycles. The number of aromatic nitrogens is 2. The third kappa shape index (κ3) is 4.59. The average molecular weight is 393 g/mol. The third-order valence-corrected chi connectivity index (χ3v) is 4.95. The van der Waals surface area contributed by atoms with E-state index in [1.165, 1.54) is 4.90 Å². The zero-order valence-electron chi connectivity index (χ0n) is 17.1. The lowest BCUT2D eigenvalue weighted by Gasteiger charge is -2.24. The van der Waals surface area contributed by atoms with Gasteiger partial charge in [-0.15, -0.1) is 0 Å². The molecule has 0 radical (unpaired) electrons. The van der Waals surface area contributed by atoms with E-state index in [0.29, 0.717) is 31.1 Å². The summed E-state index contributed by atoms with van der Waals surface area (Å²) in [6.07, 6.45) is 3.74. The van der Waals surface area contributed by atoms with Gasteiger partial charge in [0.05, 0.1) is 6.34 Å². The van der Waals surface area contributed by atoms with Crippen molar-refractivity contribution in [2.24, 2.45) is 0 Å². The molecule has 2 aromatic rings. The molecule has 8 heteroatoms. The van der Waals surface area contributed by atoms with Gasteiger partial charge in [0.25, 0.3) is 0 Å². The molecule has 152 valence electrons. The summed E-state index contributed by atoms with van der Waals surface area (Å²) in [5.41, 5.74) is 2.53. The van der Waals surface area contributed by atoms with Crippen LogP contribution in [0.15, 0.2) is 36.5 Å². The number of urea groups is 1. The lowest BCUT2D eigenvalue weighted by Crippen LogP contribution is -2.37. The lowest BCUT2D eigenvalue weighted by molar-refractivity contribution is 0.221. The van der Waals surface area contributed by atoms with Crippen LogP contribution in [0.25, 0.3) is 0 Å². The molecule has 3 rings (SSSR count). The fraction of sp³-hybridized carbons (Fsp3) is 0.381. The number of anilines is 1. The molecule has 1 aliphatic heterocycles. The topological polar surface area (TPSA) is 100 Å². The number of amidine groups is 1. The number of rotatable bonds is 7. The van der Waals surface area contributed by atoms with E-state index >= 15 is 0 Å². The number of aryl methyl sites for hydroxylation is 1. The molecule has 2 N–H and O–H groups in total. The second-order valence-corrected chi connectivity index (χ2v) is 7.34. The third-order valence-electron chi connectivity index (χ3n) is 4.95. The summed E-state index contributed by atoms with van der Waals surface area (Å²) in [6.45, 7) is 7.61. The van der Waals surface area contributed by atoms with Crippen molar-refractivity contribution in [1.82, 2.24) is 19.8 Å². The summed E-state index contributed by atoms with van der Waals surface area (Å²) in [7, 11) is 0. The predicted octanol–water partition coefficient (Wildman–Crippen LogP) is 2.91. The number of pyridine rings is 2. The molecule has 0 saturated carbocycles. The number of hydrogen-bond acceptors (Lipinski definition) is 5. The lowest BCUT2D eigenvalue weighted by atomic mass is 10.2. The second-order valence-electron chi connectivity index (χ2n) is 7.34. The minimum Gasteiger partial charge on any atom is -0.322 e. The van der Waals surface area contributed by atoms with Crippen LogP contribution < -0.4 is 4.90 Å². The van der Waals surface area contributed by atoms with Crippen LogP contribution in [-0.4, -0.2) is 63.6 Å². The van der Waals surface area contributed by atoms with Crippen LogP contribution in [0.2, 0.25) is 0 Å². The smallest absolute Gasteiger partial charge is 0.322 e. The van der Waals surface area contributed by atoms with E-state index in [2.05, 4.69) is 9.97 Å². The average Bonchev–Trinajstić information content (AvgIpc) is 3.08. The van der Waals surface area contributed by atoms with E-state index in [9.17, 15) is 4.79 Å². The first-order valence-corrected chi connectivity index (χ1v) is 9.73. The highest BCUT2D eigenvalue weighted by Gasteiger charge is 2.30. The standard InChI is InChI=1S/C21H27N7O/c1-15(2)28(14-22)20(23)18-5-4-6-19(25-18)27-12-11-26(21(27)29)10-9-17-8-7-16(3)24-13-17/h4-8,13-15,22-23H,9-12H2,1-3H3. The van der Waals surface area contributed by atoms with Crippen molar-refractivity contribution in [3.8, 4) is 0 Å². The van der Waals surface area contributed by atoms with Crippen molar-refractivity contribution in [3.05, 3.63) is 53.5 Å². The minimum absolute atomic E-state index is 0.0226. The van der Waals surface area contributed by atoms with E-state index in [1.807, 2.05) is 44.0 Å². The van der Waals surface area contributed by atoms with Crippen molar-refractivity contribution in [2.45, 2.75) is 33.2 Å². The molecular weight excluding hydrogens is 366 g/mol. The Labute approximate surface area is 171 Å². The number of nitrogens with one attached hydrogen (secondary N) is 2. The fourth-order valence-electron chi connectivity index (χ4n) is 3.22. The Morgan fingerprint density at radius 3 is 2.72 bits per heavy atom. The number of carbonyl (C=O) groups excluding carboxylic acids is 1. The van der Waals surface area contributed by atoms with Crippen LogP contribution >= 0.6 is 0 Å². The molecule has 1 fully saturated rings. The maximum absolute atomic E-state index is 12.9. The van der Waals surface area contributed by atoms with E-state index < -0.39 is 0 Å². The summed E-state index contributed by atoms with van der Waals surface area (Å²) in [6, 6.07) is 9.23. The van der Waals surface area contributed by atoms with Crippen LogP contribution in [0, 0.1) is 17.7 Å². The van der Waals surface area contributed by atoms with Crippen molar-refractivity contribution < 1.29 is 4.79 Å². The van der Waals surface area contributed by atoms with Gasteiger partial charge in [-0.2, -0.15) is 0 Å². The van der Waals surface area contributed by atoms with Crippen molar-refractivity contribution >= 4 is 24.0 Å². The predicted molar refractivity (Wildman–Crippen MR) is 114 cm³/mol. The van der Waals surface area contributed by atoms with Crippen LogP contribution in [0.3, 0.4) is 0 Å². The summed E-state index contributed by atoms with van der Waals surface area (Å²) in [5.74, 6) is 0.678. The number of nitrogens with zero attached hydrogens (tertiary/aromatic N) is 5. The van der Waals surface area contributed by atoms with Gasteiger partial charge in [0.15, 0.2) is 5.84 Å². The highest BCUT2D eigenvalue weighted by Crippen LogP contribution is 2.19. The molecule has 29 heavy (non-hydrogen) atoms. The molecule has 0 aliphatic carbocycles. The Kier molecular flexibility index (Phi) is 6.21. The van der Waals surface area contributed by atoms with Crippen molar-refractivity contribution in [3.63, 3.8) is 0 Å². The van der Waals surface area contributed by atoms with Gasteiger partial charge in [0.2, 0.25) is 0 Å². The molecule has 0 atom stereocenters. The Morgan fingerprint density at radius 2 is 2.07 bits per heavy atom. The van der Waals surface area contributed by atoms with Crippen LogP contribution in [0.4, 0.5) is 10.6 Å². The normalized spacial score (nSPS) is 13.9. The largest absolute Gasteiger partial charge is 0.325 e. The fourth-order valence-corrected chi connectivity index (χ4v) is 3.22. The first kappa shape index (κ1) is 20.4. The van der Waals surface area contributed by atoms with E-state index in [0.717, 1.165) is 24.0 Å². The molecule has 0 aromatic carbocycles. The number of hydrogen-bond donors (Lipinski definition) is 2. The molecule has 8 nitrogen and oxygen atoms in total. The van der Waals surface area contributed by atoms with Gasteiger partial charge in [0, 0.05) is 37.6 Å². The maximum atomic E-state index is 12.9. The quantitative estimate of drug-likeness (QED) is 0.558. The van der Waals surface area contributed by atoms with Gasteiger partial charge in [0.1, 0.15) is 11.5 Å². The highest BCUT2D eigenvalue weighted by molar-refractivity contribution is 6.01. The molecule has 0 bridgehead atoms. The van der Waals surface area contributed by atoms with Gasteiger partial charge >= 0.3 is 6.03 Å². The molecule has 2 aromatic heterocycles. The number of carbonyl (C=O) groups is 1. The number of amides is 2.